The number of aldehydes is 1. The molecule has 0 aromatic heterocycles. The van der Waals surface area contributed by atoms with E-state index < -0.39 is 0 Å². The molecule has 1 atom stereocenters. The highest BCUT2D eigenvalue weighted by Gasteiger charge is 2.31. The minimum atomic E-state index is -0.226. The fourth-order valence-corrected chi connectivity index (χ4v) is 3.93. The van der Waals surface area contributed by atoms with Crippen molar-refractivity contribution in [2.75, 3.05) is 0 Å². The Bertz CT molecular complexity index is 996. The van der Waals surface area contributed by atoms with Gasteiger partial charge >= 0.3 is 0 Å². The summed E-state index contributed by atoms with van der Waals surface area (Å²) in [5.74, 6) is 0. The van der Waals surface area contributed by atoms with Crippen LogP contribution in [0, 0.1) is 5.41 Å². The zero-order chi connectivity index (χ0) is 25.6. The van der Waals surface area contributed by atoms with Crippen LogP contribution in [0.15, 0.2) is 119 Å². The largest absolute Gasteiger partial charge is 0.393 e. The third-order valence-corrected chi connectivity index (χ3v) is 5.69. The van der Waals surface area contributed by atoms with Crippen molar-refractivity contribution in [1.29, 1.82) is 0 Å². The number of carbonyl (C=O) groups excluding carboxylic acids is 1. The van der Waals surface area contributed by atoms with Gasteiger partial charge in [0, 0.05) is 0 Å². The molecule has 1 aliphatic carbocycles. The van der Waals surface area contributed by atoms with Crippen molar-refractivity contribution in [1.82, 2.24) is 0 Å². The van der Waals surface area contributed by atoms with Gasteiger partial charge in [-0.15, -0.1) is 0 Å². The summed E-state index contributed by atoms with van der Waals surface area (Å²) in [5.41, 5.74) is 7.17. The molecule has 34 heavy (non-hydrogen) atoms. The smallest absolute Gasteiger partial charge is 0.142 e. The molecule has 2 heteroatoms. The molecule has 0 spiro atoms. The molecule has 1 N–H and O–H groups in total. The van der Waals surface area contributed by atoms with Crippen LogP contribution in [0.5, 0.6) is 0 Å². The van der Waals surface area contributed by atoms with Gasteiger partial charge in [-0.2, -0.15) is 0 Å². The lowest BCUT2D eigenvalue weighted by Crippen LogP contribution is -2.28. The monoisotopic (exact) mass is 458 g/mol. The van der Waals surface area contributed by atoms with E-state index in [4.69, 9.17) is 0 Å². The van der Waals surface area contributed by atoms with E-state index >= 15 is 0 Å². The molecule has 1 aliphatic rings. The molecule has 0 radical (unpaired) electrons. The van der Waals surface area contributed by atoms with E-state index in [1.165, 1.54) is 28.4 Å². The Kier molecular flexibility index (Phi) is 12.8. The van der Waals surface area contributed by atoms with E-state index in [1.807, 2.05) is 37.3 Å². The van der Waals surface area contributed by atoms with Crippen LogP contribution in [-0.2, 0) is 4.79 Å². The quantitative estimate of drug-likeness (QED) is 0.203. The van der Waals surface area contributed by atoms with Crippen LogP contribution in [0.3, 0.4) is 0 Å². The minimum Gasteiger partial charge on any atom is -0.393 e. The van der Waals surface area contributed by atoms with Gasteiger partial charge in [0.05, 0.1) is 6.10 Å². The molecule has 0 saturated carbocycles. The van der Waals surface area contributed by atoms with Crippen LogP contribution in [-0.4, -0.2) is 17.5 Å². The first-order valence-corrected chi connectivity index (χ1v) is 11.9. The summed E-state index contributed by atoms with van der Waals surface area (Å²) in [6, 6.07) is 0. The van der Waals surface area contributed by atoms with Crippen LogP contribution in [0.4, 0.5) is 0 Å². The van der Waals surface area contributed by atoms with Crippen molar-refractivity contribution < 1.29 is 9.90 Å². The predicted octanol–water partition coefficient (Wildman–Crippen LogP) is 8.25. The van der Waals surface area contributed by atoms with E-state index in [0.29, 0.717) is 0 Å². The number of rotatable bonds is 10. The molecule has 1 unspecified atom stereocenters. The first-order chi connectivity index (χ1) is 16.0. The van der Waals surface area contributed by atoms with Gasteiger partial charge < -0.3 is 5.11 Å². The molecular weight excluding hydrogens is 416 g/mol. The van der Waals surface area contributed by atoms with Crippen molar-refractivity contribution in [2.24, 2.45) is 5.41 Å². The lowest BCUT2D eigenvalue weighted by molar-refractivity contribution is -0.104. The van der Waals surface area contributed by atoms with Crippen LogP contribution in [0.1, 0.15) is 61.3 Å². The molecule has 0 aromatic carbocycles. The molecule has 0 amide bonds. The van der Waals surface area contributed by atoms with E-state index in [2.05, 4.69) is 84.1 Å². The molecule has 1 rings (SSSR count). The van der Waals surface area contributed by atoms with Crippen molar-refractivity contribution in [3.05, 3.63) is 119 Å². The average Bonchev–Trinajstić information content (AvgIpc) is 2.74. The Morgan fingerprint density at radius 2 is 1.21 bits per heavy atom. The zero-order valence-corrected chi connectivity index (χ0v) is 22.0. The maximum absolute atomic E-state index is 10.3. The Morgan fingerprint density at radius 3 is 1.68 bits per heavy atom. The molecule has 0 aromatic rings. The predicted molar refractivity (Wildman–Crippen MR) is 149 cm³/mol. The first kappa shape index (κ1) is 29.1. The normalized spacial score (nSPS) is 21.4. The standard InChI is InChI=1S/C32H42O2/c1-25(15-10-17-27(3)19-12-22-33)13-8-9-14-26(2)16-11-18-28(4)20-21-31-29(5)23-30(34)24-32(31,6)7/h8-22,30,34H,23-24H2,1-7H3. The van der Waals surface area contributed by atoms with Crippen LogP contribution >= 0.6 is 0 Å². The molecule has 0 fully saturated rings. The maximum Gasteiger partial charge on any atom is 0.142 e. The number of hydrogen-bond donors (Lipinski definition) is 1. The van der Waals surface area contributed by atoms with Gasteiger partial charge in [0.2, 0.25) is 0 Å². The number of carbonyl (C=O) groups is 1. The van der Waals surface area contributed by atoms with Gasteiger partial charge in [-0.05, 0) is 64.5 Å². The number of allylic oxidation sites excluding steroid dienone is 19. The van der Waals surface area contributed by atoms with Gasteiger partial charge in [0.25, 0.3) is 0 Å². The lowest BCUT2D eigenvalue weighted by atomic mass is 9.71. The minimum absolute atomic E-state index is 0.00663. The molecule has 0 heterocycles. The summed E-state index contributed by atoms with van der Waals surface area (Å²) >= 11 is 0. The fourth-order valence-electron chi connectivity index (χ4n) is 3.93. The van der Waals surface area contributed by atoms with Crippen molar-refractivity contribution in [2.45, 2.75) is 67.4 Å². The average molecular weight is 459 g/mol. The third kappa shape index (κ3) is 11.8. The Morgan fingerprint density at radius 1 is 0.765 bits per heavy atom. The van der Waals surface area contributed by atoms with Crippen LogP contribution in [0.2, 0.25) is 0 Å². The van der Waals surface area contributed by atoms with Gasteiger partial charge in [-0.3, -0.25) is 4.79 Å². The Hall–Kier alpha value is -2.97. The fraction of sp³-hybridized carbons (Fsp3) is 0.344. The van der Waals surface area contributed by atoms with Crippen molar-refractivity contribution in [3.8, 4) is 0 Å². The molecular formula is C32H42O2. The van der Waals surface area contributed by atoms with E-state index in [9.17, 15) is 9.90 Å². The highest BCUT2D eigenvalue weighted by atomic mass is 16.3. The molecule has 182 valence electrons. The van der Waals surface area contributed by atoms with Crippen molar-refractivity contribution in [3.63, 3.8) is 0 Å². The Labute approximate surface area is 207 Å². The SMILES string of the molecule is CC(C=CC=C(C)C=CC=O)=CC=CC=C(C)C=CC=C(C)C=CC1=C(C)CC(O)CC1(C)C. The second kappa shape index (κ2) is 15.0. The number of hydrogen-bond acceptors (Lipinski definition) is 2. The van der Waals surface area contributed by atoms with Crippen molar-refractivity contribution >= 4 is 6.29 Å². The summed E-state index contributed by atoms with van der Waals surface area (Å²) < 4.78 is 0. The van der Waals surface area contributed by atoms with E-state index in [-0.39, 0.29) is 11.5 Å². The summed E-state index contributed by atoms with van der Waals surface area (Å²) in [6.07, 6.45) is 30.3. The summed E-state index contributed by atoms with van der Waals surface area (Å²) in [7, 11) is 0. The first-order valence-electron chi connectivity index (χ1n) is 11.9. The zero-order valence-electron chi connectivity index (χ0n) is 22.0. The van der Waals surface area contributed by atoms with E-state index in [1.54, 1.807) is 6.08 Å². The third-order valence-electron chi connectivity index (χ3n) is 5.69. The molecule has 0 bridgehead atoms. The van der Waals surface area contributed by atoms with E-state index in [0.717, 1.165) is 30.3 Å². The number of aliphatic hydroxyl groups excluding tert-OH is 1. The van der Waals surface area contributed by atoms with Gasteiger partial charge in [-0.1, -0.05) is 121 Å². The van der Waals surface area contributed by atoms with Gasteiger partial charge in [0.15, 0.2) is 0 Å². The van der Waals surface area contributed by atoms with Gasteiger partial charge in [0.1, 0.15) is 6.29 Å². The topological polar surface area (TPSA) is 37.3 Å². The second-order valence-corrected chi connectivity index (χ2v) is 9.71. The lowest BCUT2D eigenvalue weighted by Gasteiger charge is -2.35. The van der Waals surface area contributed by atoms with Gasteiger partial charge in [-0.25, -0.2) is 0 Å². The summed E-state index contributed by atoms with van der Waals surface area (Å²) in [4.78, 5) is 10.3. The second-order valence-electron chi connectivity index (χ2n) is 9.71. The maximum atomic E-state index is 10.3. The Balaban J connectivity index is 2.66. The summed E-state index contributed by atoms with van der Waals surface area (Å²) in [6.45, 7) is 14.7. The van der Waals surface area contributed by atoms with Crippen LogP contribution in [0.25, 0.3) is 0 Å². The van der Waals surface area contributed by atoms with Crippen LogP contribution < -0.4 is 0 Å². The summed E-state index contributed by atoms with van der Waals surface area (Å²) in [5, 5.41) is 10.1. The molecule has 2 nitrogen and oxygen atoms in total. The number of aliphatic hydroxyl groups is 1. The molecule has 0 saturated heterocycles. The highest BCUT2D eigenvalue weighted by Crippen LogP contribution is 2.41. The molecule has 0 aliphatic heterocycles. The highest BCUT2D eigenvalue weighted by molar-refractivity contribution is 5.65.